The van der Waals surface area contributed by atoms with Crippen LogP contribution >= 0.6 is 0 Å². The maximum absolute atomic E-state index is 14.0. The summed E-state index contributed by atoms with van der Waals surface area (Å²) in [5.41, 5.74) is 4.84. The van der Waals surface area contributed by atoms with Gasteiger partial charge < -0.3 is 15.2 Å². The highest BCUT2D eigenvalue weighted by Gasteiger charge is 2.37. The van der Waals surface area contributed by atoms with Crippen LogP contribution < -0.4 is 5.73 Å². The van der Waals surface area contributed by atoms with Gasteiger partial charge in [0.25, 0.3) is 5.69 Å². The Morgan fingerprint density at radius 1 is 1.40 bits per heavy atom. The summed E-state index contributed by atoms with van der Waals surface area (Å²) >= 11 is 0. The number of nitro groups is 1. The number of benzene rings is 1. The molecule has 112 valence electrons. The van der Waals surface area contributed by atoms with Gasteiger partial charge >= 0.3 is 0 Å². The molecule has 2 N–H and O–H groups in total. The molecule has 0 fully saturated rings. The summed E-state index contributed by atoms with van der Waals surface area (Å²) < 4.78 is 24.2. The van der Waals surface area contributed by atoms with Crippen LogP contribution in [0.25, 0.3) is 0 Å². The van der Waals surface area contributed by atoms with Crippen molar-refractivity contribution in [2.45, 2.75) is 25.7 Å². The Morgan fingerprint density at radius 3 is 2.40 bits per heavy atom. The summed E-state index contributed by atoms with van der Waals surface area (Å²) in [6.07, 6.45) is -0.649. The van der Waals surface area contributed by atoms with Crippen LogP contribution in [0.2, 0.25) is 0 Å². The first-order valence-corrected chi connectivity index (χ1v) is 6.04. The van der Waals surface area contributed by atoms with E-state index in [1.54, 1.807) is 13.8 Å². The Kier molecular flexibility index (Phi) is 5.15. The summed E-state index contributed by atoms with van der Waals surface area (Å²) in [7, 11) is 2.90. The largest absolute Gasteiger partial charge is 0.356 e. The fraction of sp³-hybridized carbons (Fsp3) is 0.538. The summed E-state index contributed by atoms with van der Waals surface area (Å²) in [5.74, 6) is -1.02. The van der Waals surface area contributed by atoms with Gasteiger partial charge in [0.15, 0.2) is 6.29 Å². The van der Waals surface area contributed by atoms with Crippen molar-refractivity contribution in [3.8, 4) is 0 Å². The molecule has 1 rings (SSSR count). The van der Waals surface area contributed by atoms with Gasteiger partial charge in [-0.25, -0.2) is 4.39 Å². The number of nitro benzene ring substituents is 1. The molecule has 0 spiro atoms. The predicted octanol–water partition coefficient (Wildman–Crippen LogP) is 2.16. The van der Waals surface area contributed by atoms with E-state index >= 15 is 0 Å². The highest BCUT2D eigenvalue weighted by Crippen LogP contribution is 2.33. The first-order valence-electron chi connectivity index (χ1n) is 6.04. The molecule has 2 atom stereocenters. The first-order chi connectivity index (χ1) is 9.25. The summed E-state index contributed by atoms with van der Waals surface area (Å²) in [5, 5.41) is 10.8. The van der Waals surface area contributed by atoms with E-state index < -0.39 is 28.5 Å². The average Bonchev–Trinajstić information content (AvgIpc) is 2.39. The zero-order valence-electron chi connectivity index (χ0n) is 11.9. The van der Waals surface area contributed by atoms with E-state index in [0.717, 1.165) is 18.2 Å². The lowest BCUT2D eigenvalue weighted by molar-refractivity contribution is -0.385. The lowest BCUT2D eigenvalue weighted by Crippen LogP contribution is -2.47. The third kappa shape index (κ3) is 3.12. The van der Waals surface area contributed by atoms with E-state index in [2.05, 4.69) is 0 Å². The highest BCUT2D eigenvalue weighted by molar-refractivity contribution is 5.39. The molecule has 0 heterocycles. The number of rotatable bonds is 6. The summed E-state index contributed by atoms with van der Waals surface area (Å²) in [6.45, 7) is 3.32. The van der Waals surface area contributed by atoms with Gasteiger partial charge in [-0.05, 0) is 13.0 Å². The monoisotopic (exact) mass is 286 g/mol. The van der Waals surface area contributed by atoms with Crippen molar-refractivity contribution in [2.24, 2.45) is 11.7 Å². The standard InChI is InChI=1S/C13H19FN2O4/c1-8(12(19-3)20-4)13(2,15)10-7-9(16(17)18)5-6-11(10)14/h5-8,12H,15H2,1-4H3/t8?,13-/m0/s1. The quantitative estimate of drug-likeness (QED) is 0.492. The minimum Gasteiger partial charge on any atom is -0.356 e. The molecule has 6 nitrogen and oxygen atoms in total. The fourth-order valence-corrected chi connectivity index (χ4v) is 2.07. The number of nitrogens with two attached hydrogens (primary N) is 1. The van der Waals surface area contributed by atoms with Gasteiger partial charge in [-0.2, -0.15) is 0 Å². The SMILES string of the molecule is COC(OC)C(C)[C@](C)(N)c1cc([N+](=O)[O-])ccc1F. The average molecular weight is 286 g/mol. The number of methoxy groups -OCH3 is 2. The third-order valence-electron chi connectivity index (χ3n) is 3.56. The van der Waals surface area contributed by atoms with Gasteiger partial charge in [-0.1, -0.05) is 6.92 Å². The zero-order chi connectivity index (χ0) is 15.5. The highest BCUT2D eigenvalue weighted by atomic mass is 19.1. The molecule has 7 heteroatoms. The molecule has 0 bridgehead atoms. The molecule has 0 saturated carbocycles. The smallest absolute Gasteiger partial charge is 0.269 e. The molecule has 0 radical (unpaired) electrons. The van der Waals surface area contributed by atoms with Gasteiger partial charge in [-0.15, -0.1) is 0 Å². The van der Waals surface area contributed by atoms with Crippen LogP contribution in [0.3, 0.4) is 0 Å². The van der Waals surface area contributed by atoms with Crippen LogP contribution in [-0.2, 0) is 15.0 Å². The number of nitrogens with zero attached hydrogens (tertiary/aromatic N) is 1. The lowest BCUT2D eigenvalue weighted by atomic mass is 9.80. The van der Waals surface area contributed by atoms with Crippen LogP contribution in [0.1, 0.15) is 19.4 Å². The minimum atomic E-state index is -1.19. The topological polar surface area (TPSA) is 87.6 Å². The van der Waals surface area contributed by atoms with E-state index in [1.165, 1.54) is 14.2 Å². The second-order valence-electron chi connectivity index (χ2n) is 4.83. The van der Waals surface area contributed by atoms with Crippen molar-refractivity contribution in [2.75, 3.05) is 14.2 Å². The van der Waals surface area contributed by atoms with Crippen molar-refractivity contribution in [1.29, 1.82) is 0 Å². The zero-order valence-corrected chi connectivity index (χ0v) is 11.9. The minimum absolute atomic E-state index is 0.0540. The van der Waals surface area contributed by atoms with Gasteiger partial charge in [-0.3, -0.25) is 10.1 Å². The van der Waals surface area contributed by atoms with Gasteiger partial charge in [0.05, 0.1) is 4.92 Å². The second-order valence-corrected chi connectivity index (χ2v) is 4.83. The molecule has 20 heavy (non-hydrogen) atoms. The molecule has 0 aromatic heterocycles. The number of ether oxygens (including phenoxy) is 2. The molecule has 0 amide bonds. The second kappa shape index (κ2) is 6.25. The molecule has 1 unspecified atom stereocenters. The van der Waals surface area contributed by atoms with E-state index in [1.807, 2.05) is 0 Å². The van der Waals surface area contributed by atoms with Gasteiger partial charge in [0.1, 0.15) is 5.82 Å². The first kappa shape index (κ1) is 16.5. The van der Waals surface area contributed by atoms with Crippen LogP contribution in [0, 0.1) is 21.8 Å². The van der Waals surface area contributed by atoms with E-state index in [9.17, 15) is 14.5 Å². The fourth-order valence-electron chi connectivity index (χ4n) is 2.07. The molecular weight excluding hydrogens is 267 g/mol. The van der Waals surface area contributed by atoms with Crippen molar-refractivity contribution in [3.05, 3.63) is 39.7 Å². The molecule has 1 aromatic rings. The summed E-state index contributed by atoms with van der Waals surface area (Å²) in [4.78, 5) is 10.2. The van der Waals surface area contributed by atoms with Crippen LogP contribution in [-0.4, -0.2) is 25.4 Å². The molecule has 1 aromatic carbocycles. The Bertz CT molecular complexity index is 489. The van der Waals surface area contributed by atoms with Crippen molar-refractivity contribution in [3.63, 3.8) is 0 Å². The van der Waals surface area contributed by atoms with Gasteiger partial charge in [0, 0.05) is 43.4 Å². The van der Waals surface area contributed by atoms with E-state index in [0.29, 0.717) is 0 Å². The van der Waals surface area contributed by atoms with Crippen molar-refractivity contribution < 1.29 is 18.8 Å². The maximum atomic E-state index is 14.0. The number of halogens is 1. The number of hydrogen-bond donors (Lipinski definition) is 1. The third-order valence-corrected chi connectivity index (χ3v) is 3.56. The van der Waals surface area contributed by atoms with E-state index in [-0.39, 0.29) is 11.3 Å². The lowest BCUT2D eigenvalue weighted by Gasteiger charge is -2.36. The molecule has 0 aliphatic heterocycles. The van der Waals surface area contributed by atoms with Gasteiger partial charge in [0.2, 0.25) is 0 Å². The summed E-state index contributed by atoms with van der Waals surface area (Å²) in [6, 6.07) is 3.29. The predicted molar refractivity (Wildman–Crippen MR) is 71.6 cm³/mol. The van der Waals surface area contributed by atoms with E-state index in [4.69, 9.17) is 15.2 Å². The Balaban J connectivity index is 3.26. The normalized spacial score (nSPS) is 15.9. The molecule has 0 aliphatic carbocycles. The van der Waals surface area contributed by atoms with Crippen molar-refractivity contribution in [1.82, 2.24) is 0 Å². The number of non-ortho nitro benzene ring substituents is 1. The Morgan fingerprint density at radius 2 is 1.95 bits per heavy atom. The van der Waals surface area contributed by atoms with Crippen LogP contribution in [0.4, 0.5) is 10.1 Å². The van der Waals surface area contributed by atoms with Crippen molar-refractivity contribution >= 4 is 5.69 Å². The molecule has 0 aliphatic rings. The number of hydrogen-bond acceptors (Lipinski definition) is 5. The van der Waals surface area contributed by atoms with Crippen LogP contribution in [0.5, 0.6) is 0 Å². The molecule has 0 saturated heterocycles. The molecular formula is C13H19FN2O4. The van der Waals surface area contributed by atoms with Crippen LogP contribution in [0.15, 0.2) is 18.2 Å². The maximum Gasteiger partial charge on any atom is 0.269 e. The Hall–Kier alpha value is -1.57. The Labute approximate surface area is 116 Å².